The van der Waals surface area contributed by atoms with Crippen LogP contribution < -0.4 is 9.64 Å². The fourth-order valence-electron chi connectivity index (χ4n) is 3.91. The summed E-state index contributed by atoms with van der Waals surface area (Å²) in [7, 11) is 1.68. The van der Waals surface area contributed by atoms with Crippen LogP contribution in [0.2, 0.25) is 0 Å². The highest BCUT2D eigenvalue weighted by Gasteiger charge is 2.43. The van der Waals surface area contributed by atoms with E-state index in [0.717, 1.165) is 17.9 Å². The van der Waals surface area contributed by atoms with Crippen LogP contribution >= 0.6 is 0 Å². The lowest BCUT2D eigenvalue weighted by atomic mass is 9.76. The minimum Gasteiger partial charge on any atom is -0.497 e. The van der Waals surface area contributed by atoms with Crippen molar-refractivity contribution in [3.8, 4) is 5.75 Å². The summed E-state index contributed by atoms with van der Waals surface area (Å²) in [6.07, 6.45) is 2.77. The number of fused-ring (bicyclic) bond motifs is 1. The summed E-state index contributed by atoms with van der Waals surface area (Å²) in [5.74, 6) is 0.690. The smallest absolute Gasteiger partial charge is 0.126 e. The molecule has 0 aliphatic carbocycles. The summed E-state index contributed by atoms with van der Waals surface area (Å²) in [5, 5.41) is 0. The van der Waals surface area contributed by atoms with E-state index in [9.17, 15) is 4.39 Å². The third-order valence-electron chi connectivity index (χ3n) is 5.04. The molecule has 0 saturated heterocycles. The maximum absolute atomic E-state index is 14.3. The van der Waals surface area contributed by atoms with Crippen molar-refractivity contribution in [3.05, 3.63) is 71.2 Å². The summed E-state index contributed by atoms with van der Waals surface area (Å²) in [5.41, 5.74) is 4.06. The number of likely N-dealkylation sites (N-methyl/N-ethyl adjacent to an activating group) is 1. The van der Waals surface area contributed by atoms with Gasteiger partial charge in [0.2, 0.25) is 0 Å². The maximum atomic E-state index is 14.3. The molecule has 3 rings (SSSR count). The van der Waals surface area contributed by atoms with Crippen LogP contribution in [0.15, 0.2) is 54.2 Å². The van der Waals surface area contributed by atoms with E-state index in [1.165, 1.54) is 23.0 Å². The molecule has 126 valence electrons. The van der Waals surface area contributed by atoms with Crippen molar-refractivity contribution in [3.63, 3.8) is 0 Å². The van der Waals surface area contributed by atoms with Gasteiger partial charge in [-0.3, -0.25) is 0 Å². The predicted molar refractivity (Wildman–Crippen MR) is 97.2 cm³/mol. The first kappa shape index (κ1) is 16.6. The topological polar surface area (TPSA) is 12.5 Å². The lowest BCUT2D eigenvalue weighted by molar-refractivity contribution is 0.413. The first-order valence-corrected chi connectivity index (χ1v) is 8.41. The van der Waals surface area contributed by atoms with E-state index in [1.807, 2.05) is 18.2 Å². The molecule has 3 heteroatoms. The molecule has 0 radical (unpaired) electrons. The quantitative estimate of drug-likeness (QED) is 0.777. The molecule has 1 unspecified atom stereocenters. The van der Waals surface area contributed by atoms with Crippen molar-refractivity contribution in [1.82, 2.24) is 0 Å². The molecular formula is C21H24FNO. The molecule has 1 aliphatic rings. The Morgan fingerprint density at radius 2 is 1.96 bits per heavy atom. The zero-order chi connectivity index (χ0) is 17.3. The number of methoxy groups -OCH3 is 1. The zero-order valence-corrected chi connectivity index (χ0v) is 14.8. The largest absolute Gasteiger partial charge is 0.497 e. The molecule has 1 aliphatic heterocycles. The van der Waals surface area contributed by atoms with Crippen LogP contribution in [0.5, 0.6) is 5.75 Å². The van der Waals surface area contributed by atoms with Gasteiger partial charge >= 0.3 is 0 Å². The average molecular weight is 325 g/mol. The summed E-state index contributed by atoms with van der Waals surface area (Å²) in [6, 6.07) is 13.2. The fourth-order valence-corrected chi connectivity index (χ4v) is 3.91. The predicted octanol–water partition coefficient (Wildman–Crippen LogP) is 5.08. The third kappa shape index (κ3) is 2.48. The molecule has 0 spiro atoms. The summed E-state index contributed by atoms with van der Waals surface area (Å²) >= 11 is 0. The number of allylic oxidation sites excluding steroid dienone is 2. The molecule has 0 amide bonds. The van der Waals surface area contributed by atoms with E-state index in [2.05, 4.69) is 43.9 Å². The molecule has 1 heterocycles. The van der Waals surface area contributed by atoms with E-state index >= 15 is 0 Å². The average Bonchev–Trinajstić information content (AvgIpc) is 2.84. The second kappa shape index (κ2) is 6.31. The minimum atomic E-state index is -0.281. The molecule has 0 bridgehead atoms. The van der Waals surface area contributed by atoms with E-state index in [-0.39, 0.29) is 11.2 Å². The Bertz CT molecular complexity index is 783. The molecule has 1 atom stereocenters. The van der Waals surface area contributed by atoms with Crippen LogP contribution in [0.4, 0.5) is 10.1 Å². The summed E-state index contributed by atoms with van der Waals surface area (Å²) < 4.78 is 19.7. The van der Waals surface area contributed by atoms with Crippen molar-refractivity contribution >= 4 is 5.69 Å². The fraction of sp³-hybridized carbons (Fsp3) is 0.333. The van der Waals surface area contributed by atoms with Gasteiger partial charge < -0.3 is 9.64 Å². The van der Waals surface area contributed by atoms with Gasteiger partial charge in [-0.05, 0) is 62.6 Å². The van der Waals surface area contributed by atoms with Crippen molar-refractivity contribution < 1.29 is 9.13 Å². The molecule has 0 aromatic heterocycles. The third-order valence-corrected chi connectivity index (χ3v) is 5.04. The molecule has 0 fully saturated rings. The monoisotopic (exact) mass is 325 g/mol. The van der Waals surface area contributed by atoms with Crippen LogP contribution in [0.25, 0.3) is 0 Å². The molecular weight excluding hydrogens is 301 g/mol. The van der Waals surface area contributed by atoms with Crippen molar-refractivity contribution in [1.29, 1.82) is 0 Å². The van der Waals surface area contributed by atoms with Gasteiger partial charge in [0.15, 0.2) is 0 Å². The minimum absolute atomic E-state index is 0.145. The van der Waals surface area contributed by atoms with Gasteiger partial charge in [0.25, 0.3) is 0 Å². The Hall–Kier alpha value is -2.29. The highest BCUT2D eigenvalue weighted by Crippen LogP contribution is 2.50. The van der Waals surface area contributed by atoms with Gasteiger partial charge in [0.1, 0.15) is 11.6 Å². The number of nitrogens with zero attached hydrogens (tertiary/aromatic N) is 1. The Labute approximate surface area is 143 Å². The molecule has 2 aromatic carbocycles. The lowest BCUT2D eigenvalue weighted by Gasteiger charge is -2.30. The maximum Gasteiger partial charge on any atom is 0.126 e. The van der Waals surface area contributed by atoms with Gasteiger partial charge in [0, 0.05) is 23.3 Å². The van der Waals surface area contributed by atoms with Gasteiger partial charge in [-0.2, -0.15) is 0 Å². The van der Waals surface area contributed by atoms with E-state index < -0.39 is 0 Å². The number of halogens is 1. The second-order valence-corrected chi connectivity index (χ2v) is 6.40. The SMILES string of the molecule is C/C=C1\N(CC)c2ccc(OC)cc2C1(C)Cc1ccccc1F. The van der Waals surface area contributed by atoms with Crippen LogP contribution in [0.3, 0.4) is 0 Å². The van der Waals surface area contributed by atoms with Crippen molar-refractivity contribution in [2.45, 2.75) is 32.6 Å². The number of hydrogen-bond donors (Lipinski definition) is 0. The van der Waals surface area contributed by atoms with Crippen LogP contribution in [0.1, 0.15) is 31.9 Å². The zero-order valence-electron chi connectivity index (χ0n) is 14.8. The normalized spacial score (nSPS) is 21.2. The second-order valence-electron chi connectivity index (χ2n) is 6.40. The summed E-state index contributed by atoms with van der Waals surface area (Å²) in [6.45, 7) is 7.28. The number of benzene rings is 2. The Balaban J connectivity index is 2.16. The van der Waals surface area contributed by atoms with E-state index in [0.29, 0.717) is 6.42 Å². The standard InChI is InChI=1S/C21H24FNO/c1-5-20-21(3,14-15-9-7-8-10-18(15)22)17-13-16(24-4)11-12-19(17)23(20)6-2/h5,7-13H,6,14H2,1-4H3/b20-5-. The van der Waals surface area contributed by atoms with Gasteiger partial charge in [-0.25, -0.2) is 4.39 Å². The molecule has 24 heavy (non-hydrogen) atoms. The Morgan fingerprint density at radius 3 is 2.58 bits per heavy atom. The molecule has 0 saturated carbocycles. The number of hydrogen-bond acceptors (Lipinski definition) is 2. The van der Waals surface area contributed by atoms with Gasteiger partial charge in [0.05, 0.1) is 7.11 Å². The van der Waals surface area contributed by atoms with E-state index in [4.69, 9.17) is 4.74 Å². The van der Waals surface area contributed by atoms with Gasteiger partial charge in [-0.15, -0.1) is 0 Å². The number of anilines is 1. The highest BCUT2D eigenvalue weighted by atomic mass is 19.1. The van der Waals surface area contributed by atoms with Crippen molar-refractivity contribution in [2.75, 3.05) is 18.6 Å². The van der Waals surface area contributed by atoms with Crippen LogP contribution in [0, 0.1) is 5.82 Å². The van der Waals surface area contributed by atoms with Crippen LogP contribution in [-0.4, -0.2) is 13.7 Å². The first-order chi connectivity index (χ1) is 11.5. The Kier molecular flexibility index (Phi) is 4.35. The highest BCUT2D eigenvalue weighted by molar-refractivity contribution is 5.72. The molecule has 2 nitrogen and oxygen atoms in total. The first-order valence-electron chi connectivity index (χ1n) is 8.41. The number of ether oxygens (including phenoxy) is 1. The molecule has 0 N–H and O–H groups in total. The lowest BCUT2D eigenvalue weighted by Crippen LogP contribution is -2.30. The van der Waals surface area contributed by atoms with E-state index in [1.54, 1.807) is 13.2 Å². The summed E-state index contributed by atoms with van der Waals surface area (Å²) in [4.78, 5) is 2.32. The van der Waals surface area contributed by atoms with Crippen molar-refractivity contribution in [2.24, 2.45) is 0 Å². The number of rotatable bonds is 4. The molecule has 2 aromatic rings. The van der Waals surface area contributed by atoms with Crippen LogP contribution in [-0.2, 0) is 11.8 Å². The Morgan fingerprint density at radius 1 is 1.21 bits per heavy atom. The van der Waals surface area contributed by atoms with Gasteiger partial charge in [-0.1, -0.05) is 24.3 Å².